The molecule has 29 heavy (non-hydrogen) atoms. The lowest BCUT2D eigenvalue weighted by Gasteiger charge is -2.14. The van der Waals surface area contributed by atoms with E-state index in [0.717, 1.165) is 19.3 Å². The van der Waals surface area contributed by atoms with Crippen molar-refractivity contribution in [3.05, 3.63) is 52.5 Å². The number of unbranched alkanes of at least 4 members (excludes halogenated alkanes) is 2. The van der Waals surface area contributed by atoms with Crippen LogP contribution in [-0.4, -0.2) is 32.2 Å². The number of amides is 1. The van der Waals surface area contributed by atoms with Crippen LogP contribution in [0.15, 0.2) is 36.4 Å². The highest BCUT2D eigenvalue weighted by Gasteiger charge is 2.16. The van der Waals surface area contributed by atoms with Crippen molar-refractivity contribution in [2.45, 2.75) is 33.1 Å². The predicted octanol–water partition coefficient (Wildman–Crippen LogP) is 5.35. The van der Waals surface area contributed by atoms with Gasteiger partial charge in [-0.1, -0.05) is 31.4 Å². The van der Waals surface area contributed by atoms with Crippen molar-refractivity contribution in [2.24, 2.45) is 0 Å². The SMILES string of the molecule is CCCCCOc1cc(C(=O)Nc2ccc(C(=O)OC)cc2)cc(OCC)c1Cl. The van der Waals surface area contributed by atoms with Crippen molar-refractivity contribution in [1.82, 2.24) is 0 Å². The lowest BCUT2D eigenvalue weighted by molar-refractivity contribution is 0.0600. The summed E-state index contributed by atoms with van der Waals surface area (Å²) in [4.78, 5) is 24.2. The van der Waals surface area contributed by atoms with Crippen LogP contribution in [-0.2, 0) is 4.74 Å². The van der Waals surface area contributed by atoms with Crippen LogP contribution in [0.3, 0.4) is 0 Å². The van der Waals surface area contributed by atoms with Crippen molar-refractivity contribution >= 4 is 29.2 Å². The molecule has 0 heterocycles. The second kappa shape index (κ2) is 11.3. The summed E-state index contributed by atoms with van der Waals surface area (Å²) < 4.78 is 16.0. The Bertz CT molecular complexity index is 836. The predicted molar refractivity (Wildman–Crippen MR) is 113 cm³/mol. The highest BCUT2D eigenvalue weighted by atomic mass is 35.5. The fourth-order valence-corrected chi connectivity index (χ4v) is 2.83. The van der Waals surface area contributed by atoms with E-state index in [1.54, 1.807) is 36.4 Å². The van der Waals surface area contributed by atoms with E-state index in [1.807, 2.05) is 6.92 Å². The van der Waals surface area contributed by atoms with E-state index in [-0.39, 0.29) is 5.91 Å². The van der Waals surface area contributed by atoms with Crippen LogP contribution >= 0.6 is 11.6 Å². The van der Waals surface area contributed by atoms with Gasteiger partial charge in [0.15, 0.2) is 0 Å². The molecule has 0 fully saturated rings. The highest BCUT2D eigenvalue weighted by molar-refractivity contribution is 6.33. The lowest BCUT2D eigenvalue weighted by Crippen LogP contribution is -2.13. The van der Waals surface area contributed by atoms with E-state index in [4.69, 9.17) is 21.1 Å². The normalized spacial score (nSPS) is 10.3. The molecule has 2 aromatic carbocycles. The van der Waals surface area contributed by atoms with Crippen LogP contribution < -0.4 is 14.8 Å². The maximum atomic E-state index is 12.7. The van der Waals surface area contributed by atoms with Crippen molar-refractivity contribution in [1.29, 1.82) is 0 Å². The number of carbonyl (C=O) groups excluding carboxylic acids is 2. The Morgan fingerprint density at radius 2 is 1.62 bits per heavy atom. The summed E-state index contributed by atoms with van der Waals surface area (Å²) in [6.45, 7) is 4.88. The summed E-state index contributed by atoms with van der Waals surface area (Å²) in [6, 6.07) is 9.61. The third-order valence-electron chi connectivity index (χ3n) is 4.14. The molecule has 0 spiro atoms. The molecule has 0 atom stereocenters. The van der Waals surface area contributed by atoms with Crippen LogP contribution in [0.25, 0.3) is 0 Å². The second-order valence-electron chi connectivity index (χ2n) is 6.30. The zero-order chi connectivity index (χ0) is 21.2. The fraction of sp³-hybridized carbons (Fsp3) is 0.364. The molecule has 0 aliphatic carbocycles. The quantitative estimate of drug-likeness (QED) is 0.415. The maximum absolute atomic E-state index is 12.7. The van der Waals surface area contributed by atoms with Gasteiger partial charge in [0.1, 0.15) is 16.5 Å². The molecular formula is C22H26ClNO5. The van der Waals surface area contributed by atoms with Crippen molar-refractivity contribution in [3.8, 4) is 11.5 Å². The van der Waals surface area contributed by atoms with Gasteiger partial charge < -0.3 is 19.5 Å². The third kappa shape index (κ3) is 6.39. The number of anilines is 1. The number of esters is 1. The molecule has 0 unspecified atom stereocenters. The van der Waals surface area contributed by atoms with Crippen molar-refractivity contribution in [3.63, 3.8) is 0 Å². The van der Waals surface area contributed by atoms with Gasteiger partial charge in [0.25, 0.3) is 5.91 Å². The van der Waals surface area contributed by atoms with Crippen LogP contribution in [0.2, 0.25) is 5.02 Å². The number of carbonyl (C=O) groups is 2. The molecule has 2 aromatic rings. The minimum absolute atomic E-state index is 0.341. The molecule has 0 bridgehead atoms. The number of benzene rings is 2. The minimum Gasteiger partial charge on any atom is -0.492 e. The Labute approximate surface area is 176 Å². The Balaban J connectivity index is 2.19. The Morgan fingerprint density at radius 3 is 2.21 bits per heavy atom. The lowest BCUT2D eigenvalue weighted by atomic mass is 10.1. The second-order valence-corrected chi connectivity index (χ2v) is 6.68. The molecule has 1 N–H and O–H groups in total. The van der Waals surface area contributed by atoms with Gasteiger partial charge in [-0.05, 0) is 49.7 Å². The van der Waals surface area contributed by atoms with E-state index in [1.165, 1.54) is 7.11 Å². The number of hydrogen-bond donors (Lipinski definition) is 1. The zero-order valence-corrected chi connectivity index (χ0v) is 17.7. The van der Waals surface area contributed by atoms with Crippen LogP contribution in [0.5, 0.6) is 11.5 Å². The van der Waals surface area contributed by atoms with E-state index < -0.39 is 5.97 Å². The summed E-state index contributed by atoms with van der Waals surface area (Å²) in [7, 11) is 1.32. The van der Waals surface area contributed by atoms with Gasteiger partial charge >= 0.3 is 5.97 Å². The van der Waals surface area contributed by atoms with E-state index in [0.29, 0.717) is 46.5 Å². The average Bonchev–Trinajstić information content (AvgIpc) is 2.73. The summed E-state index contributed by atoms with van der Waals surface area (Å²) in [5, 5.41) is 3.14. The van der Waals surface area contributed by atoms with Crippen LogP contribution in [0.1, 0.15) is 53.8 Å². The number of halogens is 1. The first-order valence-electron chi connectivity index (χ1n) is 9.59. The summed E-state index contributed by atoms with van der Waals surface area (Å²) >= 11 is 6.37. The molecule has 7 heteroatoms. The topological polar surface area (TPSA) is 73.9 Å². The number of ether oxygens (including phenoxy) is 3. The average molecular weight is 420 g/mol. The molecule has 0 aliphatic heterocycles. The van der Waals surface area contributed by atoms with Crippen LogP contribution in [0, 0.1) is 0 Å². The number of hydrogen-bond acceptors (Lipinski definition) is 5. The van der Waals surface area contributed by atoms with Crippen LogP contribution in [0.4, 0.5) is 5.69 Å². The van der Waals surface area contributed by atoms with Gasteiger partial charge in [0.2, 0.25) is 0 Å². The van der Waals surface area contributed by atoms with Gasteiger partial charge in [-0.3, -0.25) is 4.79 Å². The third-order valence-corrected chi connectivity index (χ3v) is 4.51. The standard InChI is InChI=1S/C22H26ClNO5/c1-4-6-7-12-29-19-14-16(13-18(20(19)23)28-5-2)21(25)24-17-10-8-15(9-11-17)22(26)27-3/h8-11,13-14H,4-7,12H2,1-3H3,(H,24,25). The smallest absolute Gasteiger partial charge is 0.337 e. The van der Waals surface area contributed by atoms with E-state index in [2.05, 4.69) is 17.0 Å². The monoisotopic (exact) mass is 419 g/mol. The van der Waals surface area contributed by atoms with Gasteiger partial charge in [-0.2, -0.15) is 0 Å². The van der Waals surface area contributed by atoms with Crippen molar-refractivity contribution < 1.29 is 23.8 Å². The van der Waals surface area contributed by atoms with Crippen molar-refractivity contribution in [2.75, 3.05) is 25.6 Å². The van der Waals surface area contributed by atoms with Gasteiger partial charge in [-0.15, -0.1) is 0 Å². The van der Waals surface area contributed by atoms with E-state index >= 15 is 0 Å². The zero-order valence-electron chi connectivity index (χ0n) is 16.9. The van der Waals surface area contributed by atoms with Gasteiger partial charge in [0, 0.05) is 11.3 Å². The number of rotatable bonds is 10. The maximum Gasteiger partial charge on any atom is 0.337 e. The Kier molecular flexibility index (Phi) is 8.80. The molecule has 0 saturated carbocycles. The first-order chi connectivity index (χ1) is 14.0. The number of nitrogens with one attached hydrogen (secondary N) is 1. The molecule has 1 amide bonds. The van der Waals surface area contributed by atoms with E-state index in [9.17, 15) is 9.59 Å². The first-order valence-corrected chi connectivity index (χ1v) is 9.96. The molecule has 0 aromatic heterocycles. The molecule has 2 rings (SSSR count). The Hall–Kier alpha value is -2.73. The summed E-state index contributed by atoms with van der Waals surface area (Å²) in [5.41, 5.74) is 1.31. The summed E-state index contributed by atoms with van der Waals surface area (Å²) in [6.07, 6.45) is 3.04. The highest BCUT2D eigenvalue weighted by Crippen LogP contribution is 2.36. The van der Waals surface area contributed by atoms with Gasteiger partial charge in [-0.25, -0.2) is 4.79 Å². The molecular weight excluding hydrogens is 394 g/mol. The molecule has 0 aliphatic rings. The summed E-state index contributed by atoms with van der Waals surface area (Å²) in [5.74, 6) is 0.0342. The Morgan fingerprint density at radius 1 is 0.966 bits per heavy atom. The minimum atomic E-state index is -0.438. The molecule has 156 valence electrons. The fourth-order valence-electron chi connectivity index (χ4n) is 2.61. The first kappa shape index (κ1) is 22.6. The largest absolute Gasteiger partial charge is 0.492 e. The molecule has 0 radical (unpaired) electrons. The molecule has 0 saturated heterocycles. The van der Waals surface area contributed by atoms with Gasteiger partial charge in [0.05, 0.1) is 25.9 Å². The number of methoxy groups -OCH3 is 1. The molecule has 6 nitrogen and oxygen atoms in total.